The molecule has 1 atom stereocenters. The van der Waals surface area contributed by atoms with Crippen molar-refractivity contribution >= 4 is 17.3 Å². The fourth-order valence-electron chi connectivity index (χ4n) is 3.03. The standard InChI is InChI=1S/C19H29ClN2/c1-16(2)5-4-6-17(3)15-21-11-13-22(14-12-21)19-9-7-18(20)8-10-19/h5,7-10,17H,4,6,11-15H2,1-3H3/t17-/m0/s1. The van der Waals surface area contributed by atoms with Crippen LogP contribution in [-0.2, 0) is 0 Å². The Morgan fingerprint density at radius 1 is 1.14 bits per heavy atom. The Kier molecular flexibility index (Phi) is 6.78. The van der Waals surface area contributed by atoms with Gasteiger partial charge < -0.3 is 4.90 Å². The van der Waals surface area contributed by atoms with Gasteiger partial charge in [-0.3, -0.25) is 4.90 Å². The zero-order chi connectivity index (χ0) is 15.9. The summed E-state index contributed by atoms with van der Waals surface area (Å²) in [5, 5.41) is 0.813. The Morgan fingerprint density at radius 3 is 2.36 bits per heavy atom. The summed E-state index contributed by atoms with van der Waals surface area (Å²) in [6.07, 6.45) is 4.87. The van der Waals surface area contributed by atoms with E-state index in [1.54, 1.807) is 0 Å². The molecule has 3 heteroatoms. The average Bonchev–Trinajstić information content (AvgIpc) is 2.48. The van der Waals surface area contributed by atoms with E-state index < -0.39 is 0 Å². The number of hydrogen-bond acceptors (Lipinski definition) is 2. The van der Waals surface area contributed by atoms with Crippen LogP contribution in [0.1, 0.15) is 33.6 Å². The number of benzene rings is 1. The highest BCUT2D eigenvalue weighted by atomic mass is 35.5. The van der Waals surface area contributed by atoms with Crippen molar-refractivity contribution in [3.63, 3.8) is 0 Å². The number of piperazine rings is 1. The number of anilines is 1. The van der Waals surface area contributed by atoms with Gasteiger partial charge >= 0.3 is 0 Å². The molecule has 0 bridgehead atoms. The van der Waals surface area contributed by atoms with Gasteiger partial charge in [-0.25, -0.2) is 0 Å². The SMILES string of the molecule is CC(C)=CCC[C@H](C)CN1CCN(c2ccc(Cl)cc2)CC1. The minimum absolute atomic E-state index is 0.776. The molecule has 0 amide bonds. The molecule has 0 radical (unpaired) electrons. The molecule has 0 spiro atoms. The van der Waals surface area contributed by atoms with Gasteiger partial charge in [0.15, 0.2) is 0 Å². The molecular weight excluding hydrogens is 292 g/mol. The van der Waals surface area contributed by atoms with Crippen LogP contribution in [0.25, 0.3) is 0 Å². The van der Waals surface area contributed by atoms with Crippen LogP contribution >= 0.6 is 11.6 Å². The molecule has 2 nitrogen and oxygen atoms in total. The highest BCUT2D eigenvalue weighted by Crippen LogP contribution is 2.20. The van der Waals surface area contributed by atoms with E-state index in [2.05, 4.69) is 48.8 Å². The van der Waals surface area contributed by atoms with E-state index in [1.807, 2.05) is 12.1 Å². The third-order valence-corrected chi connectivity index (χ3v) is 4.60. The zero-order valence-electron chi connectivity index (χ0n) is 14.2. The van der Waals surface area contributed by atoms with Crippen LogP contribution in [0.15, 0.2) is 35.9 Å². The lowest BCUT2D eigenvalue weighted by atomic mass is 10.0. The first kappa shape index (κ1) is 17.4. The molecular formula is C19H29ClN2. The third-order valence-electron chi connectivity index (χ3n) is 4.35. The molecule has 1 aliphatic rings. The van der Waals surface area contributed by atoms with E-state index in [0.29, 0.717) is 0 Å². The third kappa shape index (κ3) is 5.66. The highest BCUT2D eigenvalue weighted by Gasteiger charge is 2.18. The van der Waals surface area contributed by atoms with Gasteiger partial charge in [0.05, 0.1) is 0 Å². The summed E-state index contributed by atoms with van der Waals surface area (Å²) in [7, 11) is 0. The number of allylic oxidation sites excluding steroid dienone is 2. The first-order valence-electron chi connectivity index (χ1n) is 8.41. The minimum atomic E-state index is 0.776. The summed E-state index contributed by atoms with van der Waals surface area (Å²) in [4.78, 5) is 5.07. The molecule has 0 unspecified atom stereocenters. The van der Waals surface area contributed by atoms with E-state index in [-0.39, 0.29) is 0 Å². The lowest BCUT2D eigenvalue weighted by Gasteiger charge is -2.37. The van der Waals surface area contributed by atoms with Gasteiger partial charge in [-0.05, 0) is 56.9 Å². The maximum absolute atomic E-state index is 5.96. The summed E-state index contributed by atoms with van der Waals surface area (Å²) in [5.74, 6) is 0.776. The van der Waals surface area contributed by atoms with Crippen molar-refractivity contribution in [2.45, 2.75) is 33.6 Å². The fraction of sp³-hybridized carbons (Fsp3) is 0.579. The number of hydrogen-bond donors (Lipinski definition) is 0. The molecule has 1 heterocycles. The Morgan fingerprint density at radius 2 is 1.77 bits per heavy atom. The predicted molar refractivity (Wildman–Crippen MR) is 97.9 cm³/mol. The lowest BCUT2D eigenvalue weighted by molar-refractivity contribution is 0.220. The van der Waals surface area contributed by atoms with Gasteiger partial charge in [0.2, 0.25) is 0 Å². The van der Waals surface area contributed by atoms with Crippen LogP contribution in [0.4, 0.5) is 5.69 Å². The molecule has 2 rings (SSSR count). The van der Waals surface area contributed by atoms with Crippen LogP contribution < -0.4 is 4.90 Å². The summed E-state index contributed by atoms with van der Waals surface area (Å²) < 4.78 is 0. The Balaban J connectivity index is 1.72. The lowest BCUT2D eigenvalue weighted by Crippen LogP contribution is -2.47. The van der Waals surface area contributed by atoms with Crippen LogP contribution in [0, 0.1) is 5.92 Å². The molecule has 122 valence electrons. The Bertz CT molecular complexity index is 469. The topological polar surface area (TPSA) is 6.48 Å². The summed E-state index contributed by atoms with van der Waals surface area (Å²) >= 11 is 5.96. The summed E-state index contributed by atoms with van der Waals surface area (Å²) in [5.41, 5.74) is 2.73. The van der Waals surface area contributed by atoms with Gasteiger partial charge in [-0.2, -0.15) is 0 Å². The highest BCUT2D eigenvalue weighted by molar-refractivity contribution is 6.30. The molecule has 0 saturated carbocycles. The van der Waals surface area contributed by atoms with Crippen molar-refractivity contribution in [3.05, 3.63) is 40.9 Å². The van der Waals surface area contributed by atoms with Gasteiger partial charge in [-0.15, -0.1) is 0 Å². The Hall–Kier alpha value is -0.990. The number of nitrogens with zero attached hydrogens (tertiary/aromatic N) is 2. The number of rotatable bonds is 6. The van der Waals surface area contributed by atoms with Crippen LogP contribution in [0.5, 0.6) is 0 Å². The van der Waals surface area contributed by atoms with Crippen molar-refractivity contribution in [2.75, 3.05) is 37.6 Å². The molecule has 0 aliphatic carbocycles. The molecule has 1 fully saturated rings. The number of halogens is 1. The van der Waals surface area contributed by atoms with Crippen molar-refractivity contribution in [2.24, 2.45) is 5.92 Å². The van der Waals surface area contributed by atoms with Gasteiger partial charge in [0, 0.05) is 43.4 Å². The van der Waals surface area contributed by atoms with E-state index in [9.17, 15) is 0 Å². The predicted octanol–water partition coefficient (Wildman–Crippen LogP) is 4.84. The van der Waals surface area contributed by atoms with Crippen LogP contribution in [-0.4, -0.2) is 37.6 Å². The molecule has 0 aromatic heterocycles. The quantitative estimate of drug-likeness (QED) is 0.692. The van der Waals surface area contributed by atoms with Gasteiger partial charge in [0.25, 0.3) is 0 Å². The summed E-state index contributed by atoms with van der Waals surface area (Å²) in [6.45, 7) is 12.5. The molecule has 1 saturated heterocycles. The minimum Gasteiger partial charge on any atom is -0.369 e. The smallest absolute Gasteiger partial charge is 0.0407 e. The second kappa shape index (κ2) is 8.59. The first-order valence-corrected chi connectivity index (χ1v) is 8.78. The van der Waals surface area contributed by atoms with Gasteiger partial charge in [-0.1, -0.05) is 30.2 Å². The Labute approximate surface area is 140 Å². The summed E-state index contributed by atoms with van der Waals surface area (Å²) in [6, 6.07) is 8.21. The fourth-order valence-corrected chi connectivity index (χ4v) is 3.16. The first-order chi connectivity index (χ1) is 10.5. The maximum Gasteiger partial charge on any atom is 0.0407 e. The van der Waals surface area contributed by atoms with Crippen molar-refractivity contribution in [1.82, 2.24) is 4.90 Å². The molecule has 0 N–H and O–H groups in total. The largest absolute Gasteiger partial charge is 0.369 e. The molecule has 1 aromatic rings. The van der Waals surface area contributed by atoms with E-state index in [0.717, 1.165) is 37.1 Å². The van der Waals surface area contributed by atoms with E-state index >= 15 is 0 Å². The van der Waals surface area contributed by atoms with E-state index in [4.69, 9.17) is 11.6 Å². The average molecular weight is 321 g/mol. The van der Waals surface area contributed by atoms with Crippen molar-refractivity contribution in [3.8, 4) is 0 Å². The van der Waals surface area contributed by atoms with E-state index in [1.165, 1.54) is 30.6 Å². The van der Waals surface area contributed by atoms with Crippen LogP contribution in [0.2, 0.25) is 5.02 Å². The molecule has 1 aliphatic heterocycles. The molecule has 1 aromatic carbocycles. The van der Waals surface area contributed by atoms with Crippen LogP contribution in [0.3, 0.4) is 0 Å². The van der Waals surface area contributed by atoms with Gasteiger partial charge in [0.1, 0.15) is 0 Å². The molecule has 22 heavy (non-hydrogen) atoms. The van der Waals surface area contributed by atoms with Crippen molar-refractivity contribution in [1.29, 1.82) is 0 Å². The zero-order valence-corrected chi connectivity index (χ0v) is 14.9. The second-order valence-electron chi connectivity index (χ2n) is 6.73. The monoisotopic (exact) mass is 320 g/mol. The van der Waals surface area contributed by atoms with Crippen molar-refractivity contribution < 1.29 is 0 Å². The maximum atomic E-state index is 5.96. The normalized spacial score (nSPS) is 17.4. The second-order valence-corrected chi connectivity index (χ2v) is 7.16.